The lowest BCUT2D eigenvalue weighted by Crippen LogP contribution is -2.34. The Morgan fingerprint density at radius 1 is 1.00 bits per heavy atom. The smallest absolute Gasteiger partial charge is 0.331 e. The van der Waals surface area contributed by atoms with E-state index < -0.39 is 8.56 Å². The molecule has 0 radical (unpaired) electrons. The zero-order valence-corrected chi connectivity index (χ0v) is 9.14. The van der Waals surface area contributed by atoms with Gasteiger partial charge in [0, 0.05) is 13.2 Å². The van der Waals surface area contributed by atoms with E-state index in [1.54, 1.807) is 0 Å². The molecule has 0 aliphatic heterocycles. The van der Waals surface area contributed by atoms with E-state index in [2.05, 4.69) is 26.3 Å². The maximum absolute atomic E-state index is 5.39. The minimum absolute atomic E-state index is 0.763. The zero-order chi connectivity index (χ0) is 9.33. The lowest BCUT2D eigenvalue weighted by molar-refractivity contribution is 0.196. The van der Waals surface area contributed by atoms with E-state index in [0.717, 1.165) is 13.2 Å². The summed E-state index contributed by atoms with van der Waals surface area (Å²) in [5.41, 5.74) is 0. The van der Waals surface area contributed by atoms with Gasteiger partial charge >= 0.3 is 8.56 Å². The molecule has 0 unspecified atom stereocenters. The van der Waals surface area contributed by atoms with Gasteiger partial charge in [0.15, 0.2) is 0 Å². The molecule has 0 rings (SSSR count). The van der Waals surface area contributed by atoms with Crippen LogP contribution < -0.4 is 0 Å². The van der Waals surface area contributed by atoms with Gasteiger partial charge in [0.05, 0.1) is 0 Å². The Morgan fingerprint density at radius 3 is 1.45 bits per heavy atom. The van der Waals surface area contributed by atoms with Gasteiger partial charge in [0.2, 0.25) is 0 Å². The van der Waals surface area contributed by atoms with Gasteiger partial charge in [-0.2, -0.15) is 0 Å². The highest BCUT2D eigenvalue weighted by atomic mass is 28.4. The first-order valence-corrected chi connectivity index (χ1v) is 6.72. The minimum atomic E-state index is -1.70. The van der Waals surface area contributed by atoms with Gasteiger partial charge in [0.25, 0.3) is 0 Å². The fourth-order valence-corrected chi connectivity index (χ4v) is 2.21. The molecule has 0 saturated heterocycles. The standard InChI is InChI=1S/C6H16O2Si.C2H4/c1-5-7-9(3,4)8-6-2;1-2/h5-6H2,1-4H3;1-2H2. The third kappa shape index (κ3) is 9.88. The molecule has 2 nitrogen and oxygen atoms in total. The molecule has 0 N–H and O–H groups in total. The fraction of sp³-hybridized carbons (Fsp3) is 0.750. The highest BCUT2D eigenvalue weighted by Crippen LogP contribution is 2.04. The normalized spacial score (nSPS) is 10.2. The van der Waals surface area contributed by atoms with Crippen LogP contribution in [0.25, 0.3) is 0 Å². The highest BCUT2D eigenvalue weighted by molar-refractivity contribution is 6.64. The Balaban J connectivity index is 0. The monoisotopic (exact) mass is 176 g/mol. The molecule has 0 bridgehead atoms. The molecule has 0 atom stereocenters. The Morgan fingerprint density at radius 2 is 1.27 bits per heavy atom. The highest BCUT2D eigenvalue weighted by Gasteiger charge is 2.22. The molecule has 0 aromatic rings. The fourth-order valence-electron chi connectivity index (χ4n) is 0.737. The van der Waals surface area contributed by atoms with Crippen molar-refractivity contribution in [2.24, 2.45) is 0 Å². The van der Waals surface area contributed by atoms with Crippen LogP contribution in [0, 0.1) is 0 Å². The van der Waals surface area contributed by atoms with Crippen molar-refractivity contribution in [3.8, 4) is 0 Å². The number of hydrogen-bond acceptors (Lipinski definition) is 2. The molecule has 3 heteroatoms. The second-order valence-corrected chi connectivity index (χ2v) is 5.64. The van der Waals surface area contributed by atoms with Crippen LogP contribution in [0.15, 0.2) is 13.2 Å². The van der Waals surface area contributed by atoms with Crippen molar-refractivity contribution < 1.29 is 8.85 Å². The van der Waals surface area contributed by atoms with Crippen molar-refractivity contribution in [2.45, 2.75) is 26.9 Å². The van der Waals surface area contributed by atoms with E-state index in [4.69, 9.17) is 8.85 Å². The van der Waals surface area contributed by atoms with E-state index in [9.17, 15) is 0 Å². The summed E-state index contributed by atoms with van der Waals surface area (Å²) in [6.07, 6.45) is 0. The minimum Gasteiger partial charge on any atom is -0.395 e. The first-order valence-electron chi connectivity index (χ1n) is 3.90. The first-order chi connectivity index (χ1) is 5.12. The predicted octanol–water partition coefficient (Wildman–Crippen LogP) is 2.56. The molecule has 0 aromatic heterocycles. The van der Waals surface area contributed by atoms with Crippen LogP contribution in [0.3, 0.4) is 0 Å². The van der Waals surface area contributed by atoms with Crippen molar-refractivity contribution in [2.75, 3.05) is 13.2 Å². The largest absolute Gasteiger partial charge is 0.395 e. The van der Waals surface area contributed by atoms with Crippen LogP contribution in [0.5, 0.6) is 0 Å². The molecule has 0 fully saturated rings. The molecule has 0 aliphatic rings. The van der Waals surface area contributed by atoms with Gasteiger partial charge < -0.3 is 8.85 Å². The van der Waals surface area contributed by atoms with Gasteiger partial charge in [-0.25, -0.2) is 0 Å². The molecule has 0 aromatic carbocycles. The summed E-state index contributed by atoms with van der Waals surface area (Å²) < 4.78 is 10.8. The molecule has 0 spiro atoms. The molecular weight excluding hydrogens is 156 g/mol. The lowest BCUT2D eigenvalue weighted by atomic mass is 10.9. The van der Waals surface area contributed by atoms with Gasteiger partial charge in [-0.05, 0) is 26.9 Å². The molecule has 0 heterocycles. The summed E-state index contributed by atoms with van der Waals surface area (Å²) in [5.74, 6) is 0. The third-order valence-electron chi connectivity index (χ3n) is 0.984. The van der Waals surface area contributed by atoms with Crippen LogP contribution in [-0.2, 0) is 8.85 Å². The Hall–Kier alpha value is -0.123. The molecule has 68 valence electrons. The molecule has 0 saturated carbocycles. The Kier molecular flexibility index (Phi) is 9.77. The lowest BCUT2D eigenvalue weighted by Gasteiger charge is -2.20. The van der Waals surface area contributed by atoms with E-state index in [1.165, 1.54) is 0 Å². The Bertz CT molecular complexity index is 76.2. The third-order valence-corrected chi connectivity index (χ3v) is 2.95. The van der Waals surface area contributed by atoms with Gasteiger partial charge in [-0.3, -0.25) is 0 Å². The predicted molar refractivity (Wildman–Crippen MR) is 52.0 cm³/mol. The molecule has 11 heavy (non-hydrogen) atoms. The van der Waals surface area contributed by atoms with E-state index in [1.807, 2.05) is 13.8 Å². The van der Waals surface area contributed by atoms with Crippen molar-refractivity contribution in [3.63, 3.8) is 0 Å². The quantitative estimate of drug-likeness (QED) is 0.484. The summed E-state index contributed by atoms with van der Waals surface area (Å²) in [5, 5.41) is 0. The van der Waals surface area contributed by atoms with Crippen molar-refractivity contribution in [3.05, 3.63) is 13.2 Å². The van der Waals surface area contributed by atoms with Gasteiger partial charge in [0.1, 0.15) is 0 Å². The van der Waals surface area contributed by atoms with E-state index in [0.29, 0.717) is 0 Å². The summed E-state index contributed by atoms with van der Waals surface area (Å²) in [6.45, 7) is 15.6. The maximum atomic E-state index is 5.39. The molecule has 0 amide bonds. The van der Waals surface area contributed by atoms with Gasteiger partial charge in [-0.1, -0.05) is 0 Å². The second-order valence-electron chi connectivity index (χ2n) is 2.27. The first kappa shape index (κ1) is 13.5. The van der Waals surface area contributed by atoms with Crippen LogP contribution >= 0.6 is 0 Å². The summed E-state index contributed by atoms with van der Waals surface area (Å²) in [4.78, 5) is 0. The Labute approximate surface area is 71.5 Å². The summed E-state index contributed by atoms with van der Waals surface area (Å²) in [6, 6.07) is 0. The van der Waals surface area contributed by atoms with Crippen LogP contribution in [0.1, 0.15) is 13.8 Å². The zero-order valence-electron chi connectivity index (χ0n) is 8.14. The van der Waals surface area contributed by atoms with Crippen molar-refractivity contribution in [1.29, 1.82) is 0 Å². The molecule has 0 aliphatic carbocycles. The SMILES string of the molecule is C=C.CCO[Si](C)(C)OCC. The van der Waals surface area contributed by atoms with Crippen LogP contribution in [0.2, 0.25) is 13.1 Å². The number of hydrogen-bond donors (Lipinski definition) is 0. The van der Waals surface area contributed by atoms with E-state index >= 15 is 0 Å². The van der Waals surface area contributed by atoms with E-state index in [-0.39, 0.29) is 0 Å². The summed E-state index contributed by atoms with van der Waals surface area (Å²) in [7, 11) is -1.70. The number of rotatable bonds is 4. The topological polar surface area (TPSA) is 18.5 Å². The average Bonchev–Trinajstić information content (AvgIpc) is 1.91. The van der Waals surface area contributed by atoms with Crippen LogP contribution in [-0.4, -0.2) is 21.8 Å². The van der Waals surface area contributed by atoms with Crippen molar-refractivity contribution in [1.82, 2.24) is 0 Å². The second kappa shape index (κ2) is 7.98. The van der Waals surface area contributed by atoms with Crippen LogP contribution in [0.4, 0.5) is 0 Å². The molecular formula is C8H20O2Si. The van der Waals surface area contributed by atoms with Crippen molar-refractivity contribution >= 4 is 8.56 Å². The average molecular weight is 176 g/mol. The summed E-state index contributed by atoms with van der Waals surface area (Å²) >= 11 is 0. The maximum Gasteiger partial charge on any atom is 0.331 e. The van der Waals surface area contributed by atoms with Gasteiger partial charge in [-0.15, -0.1) is 13.2 Å².